The highest BCUT2D eigenvalue weighted by atomic mass is 16.5. The number of pyridine rings is 1. The molecule has 0 radical (unpaired) electrons. The molecule has 2 aromatic heterocycles. The second-order valence-corrected chi connectivity index (χ2v) is 6.46. The minimum atomic E-state index is -0.834. The van der Waals surface area contributed by atoms with Crippen LogP contribution in [0.5, 0.6) is 6.01 Å². The van der Waals surface area contributed by atoms with Gasteiger partial charge in [-0.25, -0.2) is 15.0 Å². The van der Waals surface area contributed by atoms with Gasteiger partial charge in [-0.2, -0.15) is 0 Å². The molecule has 2 rings (SSSR count). The van der Waals surface area contributed by atoms with E-state index in [9.17, 15) is 9.90 Å². The van der Waals surface area contributed by atoms with Crippen LogP contribution < -0.4 is 10.1 Å². The number of carboxylic acids is 1. The van der Waals surface area contributed by atoms with Crippen LogP contribution >= 0.6 is 0 Å². The number of aromatic nitrogens is 3. The van der Waals surface area contributed by atoms with E-state index < -0.39 is 11.9 Å². The molecule has 0 unspecified atom stereocenters. The van der Waals surface area contributed by atoms with Crippen molar-refractivity contribution in [1.29, 1.82) is 0 Å². The summed E-state index contributed by atoms with van der Waals surface area (Å²) < 4.78 is 4.91. The molecular formula is C20H28N4O3. The summed E-state index contributed by atoms with van der Waals surface area (Å²) in [5.41, 5.74) is 1.73. The van der Waals surface area contributed by atoms with Gasteiger partial charge >= 0.3 is 12.0 Å². The molecule has 2 heterocycles. The van der Waals surface area contributed by atoms with Crippen molar-refractivity contribution in [2.24, 2.45) is 0 Å². The molecule has 2 N–H and O–H groups in total. The number of nitrogens with one attached hydrogen (secondary N) is 1. The highest BCUT2D eigenvalue weighted by molar-refractivity contribution is 5.75. The predicted octanol–water partition coefficient (Wildman–Crippen LogP) is 3.67. The Morgan fingerprint density at radius 2 is 1.85 bits per heavy atom. The Balaban J connectivity index is 1.67. The van der Waals surface area contributed by atoms with Crippen LogP contribution in [-0.4, -0.2) is 40.2 Å². The quantitative estimate of drug-likeness (QED) is 0.549. The lowest BCUT2D eigenvalue weighted by atomic mass is 9.95. The van der Waals surface area contributed by atoms with E-state index in [1.165, 1.54) is 19.5 Å². The number of hydrogen-bond donors (Lipinski definition) is 2. The van der Waals surface area contributed by atoms with Gasteiger partial charge < -0.3 is 15.2 Å². The monoisotopic (exact) mass is 372 g/mol. The van der Waals surface area contributed by atoms with Crippen molar-refractivity contribution in [2.45, 2.75) is 50.9 Å². The average Bonchev–Trinajstić information content (AvgIpc) is 2.70. The van der Waals surface area contributed by atoms with Crippen LogP contribution in [0, 0.1) is 0 Å². The van der Waals surface area contributed by atoms with Crippen LogP contribution in [0.25, 0.3) is 0 Å². The van der Waals surface area contributed by atoms with Crippen LogP contribution in [0.4, 0.5) is 5.82 Å². The number of carboxylic acid groups (broad SMARTS) is 1. The first-order chi connectivity index (χ1) is 13.1. The summed E-state index contributed by atoms with van der Waals surface area (Å²) in [7, 11) is 3.35. The lowest BCUT2D eigenvalue weighted by molar-refractivity contribution is -0.139. The number of aliphatic carboxylic acids is 1. The van der Waals surface area contributed by atoms with Gasteiger partial charge in [-0.05, 0) is 31.4 Å². The van der Waals surface area contributed by atoms with Gasteiger partial charge in [0.05, 0.1) is 13.0 Å². The van der Waals surface area contributed by atoms with E-state index in [0.29, 0.717) is 12.0 Å². The second kappa shape index (κ2) is 11.1. The van der Waals surface area contributed by atoms with E-state index in [1.807, 2.05) is 19.2 Å². The van der Waals surface area contributed by atoms with Crippen LogP contribution in [0.15, 0.2) is 30.6 Å². The normalized spacial score (nSPS) is 11.8. The zero-order chi connectivity index (χ0) is 19.5. The Hall–Kier alpha value is -2.70. The number of ether oxygens (including phenoxy) is 1. The van der Waals surface area contributed by atoms with Gasteiger partial charge in [-0.15, -0.1) is 0 Å². The molecule has 0 amide bonds. The fraction of sp³-hybridized carbons (Fsp3) is 0.500. The average molecular weight is 372 g/mol. The molecule has 0 fully saturated rings. The third kappa shape index (κ3) is 6.84. The van der Waals surface area contributed by atoms with E-state index >= 15 is 0 Å². The zero-order valence-electron chi connectivity index (χ0n) is 16.0. The highest BCUT2D eigenvalue weighted by Gasteiger charge is 2.20. The first kappa shape index (κ1) is 20.6. The molecule has 0 aliphatic heterocycles. The number of carbonyl (C=O) groups is 1. The van der Waals surface area contributed by atoms with Gasteiger partial charge in [0, 0.05) is 30.7 Å². The van der Waals surface area contributed by atoms with Crippen molar-refractivity contribution in [3.8, 4) is 6.01 Å². The van der Waals surface area contributed by atoms with Crippen molar-refractivity contribution >= 4 is 11.8 Å². The summed E-state index contributed by atoms with van der Waals surface area (Å²) in [5.74, 6) is -0.502. The summed E-state index contributed by atoms with van der Waals surface area (Å²) in [6, 6.07) is 6.27. The maximum absolute atomic E-state index is 11.5. The minimum absolute atomic E-state index is 0.248. The van der Waals surface area contributed by atoms with Crippen molar-refractivity contribution in [2.75, 3.05) is 19.5 Å². The summed E-state index contributed by atoms with van der Waals surface area (Å²) in [4.78, 5) is 24.1. The molecule has 0 aliphatic carbocycles. The van der Waals surface area contributed by atoms with Gasteiger partial charge in [0.2, 0.25) is 0 Å². The number of methoxy groups -OCH3 is 1. The molecule has 0 aliphatic rings. The molecule has 27 heavy (non-hydrogen) atoms. The smallest absolute Gasteiger partial charge is 0.316 e. The molecule has 146 valence electrons. The fourth-order valence-corrected chi connectivity index (χ4v) is 2.99. The SMILES string of the molecule is CNc1cccc(CCCCCCC[C@@H](C(=O)O)c2cnc(OC)nc2)n1. The minimum Gasteiger partial charge on any atom is -0.481 e. The van der Waals surface area contributed by atoms with Crippen LogP contribution in [0.3, 0.4) is 0 Å². The lowest BCUT2D eigenvalue weighted by Crippen LogP contribution is -2.12. The van der Waals surface area contributed by atoms with Gasteiger partial charge in [0.25, 0.3) is 0 Å². The summed E-state index contributed by atoms with van der Waals surface area (Å²) in [6.07, 6.45) is 9.84. The molecule has 0 saturated carbocycles. The van der Waals surface area contributed by atoms with Crippen molar-refractivity contribution in [1.82, 2.24) is 15.0 Å². The van der Waals surface area contributed by atoms with Crippen LogP contribution in [-0.2, 0) is 11.2 Å². The predicted molar refractivity (Wildman–Crippen MR) is 104 cm³/mol. The van der Waals surface area contributed by atoms with Crippen molar-refractivity contribution in [3.63, 3.8) is 0 Å². The maximum Gasteiger partial charge on any atom is 0.316 e. The van der Waals surface area contributed by atoms with Crippen LogP contribution in [0.1, 0.15) is 55.7 Å². The molecule has 0 saturated heterocycles. The first-order valence-corrected chi connectivity index (χ1v) is 9.36. The Labute approximate surface area is 160 Å². The molecule has 7 nitrogen and oxygen atoms in total. The van der Waals surface area contributed by atoms with E-state index in [-0.39, 0.29) is 6.01 Å². The number of anilines is 1. The number of unbranched alkanes of at least 4 members (excludes halogenated alkanes) is 4. The van der Waals surface area contributed by atoms with E-state index in [4.69, 9.17) is 4.74 Å². The highest BCUT2D eigenvalue weighted by Crippen LogP contribution is 2.23. The molecule has 2 aromatic rings. The zero-order valence-corrected chi connectivity index (χ0v) is 16.0. The lowest BCUT2D eigenvalue weighted by Gasteiger charge is -2.12. The third-order valence-corrected chi connectivity index (χ3v) is 4.52. The number of hydrogen-bond acceptors (Lipinski definition) is 6. The molecule has 1 atom stereocenters. The van der Waals surface area contributed by atoms with Crippen molar-refractivity contribution in [3.05, 3.63) is 41.9 Å². The van der Waals surface area contributed by atoms with E-state index in [0.717, 1.165) is 50.0 Å². The Kier molecular flexibility index (Phi) is 8.48. The number of aryl methyl sites for hydroxylation is 1. The molecule has 0 aromatic carbocycles. The topological polar surface area (TPSA) is 97.2 Å². The van der Waals surface area contributed by atoms with Gasteiger partial charge in [0.1, 0.15) is 5.82 Å². The summed E-state index contributed by atoms with van der Waals surface area (Å²) in [6.45, 7) is 0. The summed E-state index contributed by atoms with van der Waals surface area (Å²) >= 11 is 0. The van der Waals surface area contributed by atoms with E-state index in [1.54, 1.807) is 0 Å². The number of nitrogens with zero attached hydrogens (tertiary/aromatic N) is 3. The van der Waals surface area contributed by atoms with Gasteiger partial charge in [0.15, 0.2) is 0 Å². The third-order valence-electron chi connectivity index (χ3n) is 4.52. The largest absolute Gasteiger partial charge is 0.481 e. The second-order valence-electron chi connectivity index (χ2n) is 6.46. The van der Waals surface area contributed by atoms with E-state index in [2.05, 4.69) is 26.3 Å². The standard InChI is InChI=1S/C20H28N4O3/c1-21-18-12-8-10-16(24-18)9-6-4-3-5-7-11-17(19(25)26)15-13-22-20(27-2)23-14-15/h8,10,12-14,17H,3-7,9,11H2,1-2H3,(H,21,24)(H,25,26)/t17-/m1/s1. The maximum atomic E-state index is 11.5. The van der Waals surface area contributed by atoms with Crippen LogP contribution in [0.2, 0.25) is 0 Å². The number of rotatable bonds is 12. The molecular weight excluding hydrogens is 344 g/mol. The van der Waals surface area contributed by atoms with Gasteiger partial charge in [-0.3, -0.25) is 4.79 Å². The first-order valence-electron chi connectivity index (χ1n) is 9.36. The molecule has 7 heteroatoms. The molecule has 0 spiro atoms. The fourth-order valence-electron chi connectivity index (χ4n) is 2.99. The van der Waals surface area contributed by atoms with Crippen molar-refractivity contribution < 1.29 is 14.6 Å². The Bertz CT molecular complexity index is 707. The molecule has 0 bridgehead atoms. The van der Waals surface area contributed by atoms with Gasteiger partial charge in [-0.1, -0.05) is 31.7 Å². The Morgan fingerprint density at radius 3 is 2.52 bits per heavy atom. The summed E-state index contributed by atoms with van der Waals surface area (Å²) in [5, 5.41) is 12.5. The Morgan fingerprint density at radius 1 is 1.15 bits per heavy atom.